The summed E-state index contributed by atoms with van der Waals surface area (Å²) in [6.07, 6.45) is 0.518. The van der Waals surface area contributed by atoms with Gasteiger partial charge in [0, 0.05) is 5.69 Å². The number of tetrazole rings is 1. The molecular weight excluding hydrogens is 302 g/mol. The fourth-order valence-electron chi connectivity index (χ4n) is 2.54. The van der Waals surface area contributed by atoms with E-state index in [2.05, 4.69) is 25.9 Å². The minimum Gasteiger partial charge on any atom is -0.325 e. The minimum absolute atomic E-state index is 0.150. The third-order valence-electron chi connectivity index (χ3n) is 3.99. The standard InChI is InChI=1S/C18H19N5O/c1-12-7-9-15(10-8-12)19-18(24)16(17-20-22-23-21-17)11-14-6-4-3-5-13(14)2/h3-10,16H,11H2,1-2H3,(H,19,24)(H,20,21,22,23)/t16-/m0/s1. The van der Waals surface area contributed by atoms with Crippen molar-refractivity contribution < 1.29 is 4.79 Å². The van der Waals surface area contributed by atoms with Crippen molar-refractivity contribution in [3.63, 3.8) is 0 Å². The lowest BCUT2D eigenvalue weighted by Gasteiger charge is -2.15. The molecule has 0 radical (unpaired) electrons. The van der Waals surface area contributed by atoms with E-state index in [-0.39, 0.29) is 5.91 Å². The third kappa shape index (κ3) is 3.65. The number of hydrogen-bond donors (Lipinski definition) is 2. The van der Waals surface area contributed by atoms with Gasteiger partial charge in [0.15, 0.2) is 5.82 Å². The molecule has 2 aromatic carbocycles. The van der Waals surface area contributed by atoms with Crippen LogP contribution in [-0.4, -0.2) is 26.5 Å². The van der Waals surface area contributed by atoms with Gasteiger partial charge in [-0.2, -0.15) is 5.21 Å². The van der Waals surface area contributed by atoms with Crippen molar-refractivity contribution in [2.45, 2.75) is 26.2 Å². The second-order valence-electron chi connectivity index (χ2n) is 5.81. The van der Waals surface area contributed by atoms with E-state index in [0.717, 1.165) is 22.4 Å². The van der Waals surface area contributed by atoms with E-state index in [4.69, 9.17) is 0 Å². The van der Waals surface area contributed by atoms with E-state index < -0.39 is 5.92 Å². The molecule has 1 amide bonds. The Morgan fingerprint density at radius 3 is 2.54 bits per heavy atom. The number of carbonyl (C=O) groups is 1. The molecule has 0 saturated carbocycles. The highest BCUT2D eigenvalue weighted by Gasteiger charge is 2.26. The van der Waals surface area contributed by atoms with Crippen LogP contribution in [0.15, 0.2) is 48.5 Å². The van der Waals surface area contributed by atoms with E-state index >= 15 is 0 Å². The van der Waals surface area contributed by atoms with Crippen LogP contribution < -0.4 is 5.32 Å². The summed E-state index contributed by atoms with van der Waals surface area (Å²) in [5.41, 5.74) is 4.12. The van der Waals surface area contributed by atoms with Crippen LogP contribution in [0.1, 0.15) is 28.4 Å². The van der Waals surface area contributed by atoms with Crippen LogP contribution in [0.25, 0.3) is 0 Å². The molecule has 0 aliphatic carbocycles. The number of nitrogens with one attached hydrogen (secondary N) is 2. The first-order valence-electron chi connectivity index (χ1n) is 7.79. The number of H-pyrrole nitrogens is 1. The highest BCUT2D eigenvalue weighted by molar-refractivity contribution is 5.95. The molecule has 0 saturated heterocycles. The molecule has 1 heterocycles. The predicted octanol–water partition coefficient (Wildman–Crippen LogP) is 2.78. The molecule has 122 valence electrons. The number of aryl methyl sites for hydroxylation is 2. The first kappa shape index (κ1) is 15.9. The minimum atomic E-state index is -0.508. The average molecular weight is 321 g/mol. The Balaban J connectivity index is 1.83. The summed E-state index contributed by atoms with van der Waals surface area (Å²) >= 11 is 0. The Morgan fingerprint density at radius 1 is 1.12 bits per heavy atom. The van der Waals surface area contributed by atoms with Gasteiger partial charge in [0.05, 0.1) is 0 Å². The monoisotopic (exact) mass is 321 g/mol. The van der Waals surface area contributed by atoms with Crippen molar-refractivity contribution in [1.82, 2.24) is 20.6 Å². The maximum Gasteiger partial charge on any atom is 0.235 e. The largest absolute Gasteiger partial charge is 0.325 e. The lowest BCUT2D eigenvalue weighted by molar-refractivity contribution is -0.117. The third-order valence-corrected chi connectivity index (χ3v) is 3.99. The van der Waals surface area contributed by atoms with Crippen LogP contribution in [0, 0.1) is 13.8 Å². The van der Waals surface area contributed by atoms with Crippen molar-refractivity contribution in [3.8, 4) is 0 Å². The highest BCUT2D eigenvalue weighted by Crippen LogP contribution is 2.22. The van der Waals surface area contributed by atoms with Crippen LogP contribution in [0.5, 0.6) is 0 Å². The maximum atomic E-state index is 12.8. The molecule has 2 N–H and O–H groups in total. The molecule has 0 fully saturated rings. The fourth-order valence-corrected chi connectivity index (χ4v) is 2.54. The zero-order valence-corrected chi connectivity index (χ0v) is 13.7. The van der Waals surface area contributed by atoms with Gasteiger partial charge < -0.3 is 5.32 Å². The van der Waals surface area contributed by atoms with Crippen molar-refractivity contribution in [2.24, 2.45) is 0 Å². The van der Waals surface area contributed by atoms with Gasteiger partial charge in [-0.15, -0.1) is 10.2 Å². The smallest absolute Gasteiger partial charge is 0.235 e. The molecule has 3 aromatic rings. The SMILES string of the molecule is Cc1ccc(NC(=O)[C@@H](Cc2ccccc2C)c2nn[nH]n2)cc1. The first-order valence-corrected chi connectivity index (χ1v) is 7.79. The number of aromatic amines is 1. The Labute approximate surface area is 140 Å². The van der Waals surface area contributed by atoms with Crippen molar-refractivity contribution in [2.75, 3.05) is 5.32 Å². The topological polar surface area (TPSA) is 83.6 Å². The molecule has 0 bridgehead atoms. The second-order valence-corrected chi connectivity index (χ2v) is 5.81. The van der Waals surface area contributed by atoms with Crippen molar-refractivity contribution in [1.29, 1.82) is 0 Å². The quantitative estimate of drug-likeness (QED) is 0.757. The van der Waals surface area contributed by atoms with Crippen LogP contribution in [0.4, 0.5) is 5.69 Å². The summed E-state index contributed by atoms with van der Waals surface area (Å²) in [5, 5.41) is 17.0. The number of amides is 1. The van der Waals surface area contributed by atoms with Gasteiger partial charge in [0.25, 0.3) is 0 Å². The number of anilines is 1. The number of aromatic nitrogens is 4. The van der Waals surface area contributed by atoms with Crippen LogP contribution in [0.2, 0.25) is 0 Å². The molecule has 24 heavy (non-hydrogen) atoms. The van der Waals surface area contributed by atoms with E-state index in [1.807, 2.05) is 62.4 Å². The molecular formula is C18H19N5O. The molecule has 6 nitrogen and oxygen atoms in total. The number of hydrogen-bond acceptors (Lipinski definition) is 4. The van der Waals surface area contributed by atoms with Crippen LogP contribution in [0.3, 0.4) is 0 Å². The molecule has 0 spiro atoms. The number of carbonyl (C=O) groups excluding carboxylic acids is 1. The van der Waals surface area contributed by atoms with E-state index in [1.165, 1.54) is 0 Å². The molecule has 0 unspecified atom stereocenters. The molecule has 1 aromatic heterocycles. The van der Waals surface area contributed by atoms with E-state index in [9.17, 15) is 4.79 Å². The maximum absolute atomic E-state index is 12.8. The zero-order chi connectivity index (χ0) is 16.9. The van der Waals surface area contributed by atoms with Crippen LogP contribution in [-0.2, 0) is 11.2 Å². The van der Waals surface area contributed by atoms with Crippen molar-refractivity contribution in [3.05, 3.63) is 71.0 Å². The predicted molar refractivity (Wildman–Crippen MR) is 91.6 cm³/mol. The molecule has 0 aliphatic rings. The molecule has 1 atom stereocenters. The molecule has 0 aliphatic heterocycles. The summed E-state index contributed by atoms with van der Waals surface area (Å²) in [5.74, 6) is -0.266. The van der Waals surface area contributed by atoms with Gasteiger partial charge in [-0.3, -0.25) is 4.79 Å². The van der Waals surface area contributed by atoms with Crippen LogP contribution >= 0.6 is 0 Å². The average Bonchev–Trinajstić information content (AvgIpc) is 3.10. The van der Waals surface area contributed by atoms with Gasteiger partial charge in [0.2, 0.25) is 5.91 Å². The first-order chi connectivity index (χ1) is 11.6. The van der Waals surface area contributed by atoms with Crippen molar-refractivity contribution >= 4 is 11.6 Å². The van der Waals surface area contributed by atoms with Gasteiger partial charge in [-0.1, -0.05) is 47.2 Å². The number of benzene rings is 2. The van der Waals surface area contributed by atoms with Gasteiger partial charge >= 0.3 is 0 Å². The van der Waals surface area contributed by atoms with E-state index in [0.29, 0.717) is 12.2 Å². The summed E-state index contributed by atoms with van der Waals surface area (Å²) in [7, 11) is 0. The number of nitrogens with zero attached hydrogens (tertiary/aromatic N) is 3. The Bertz CT molecular complexity index is 812. The Kier molecular flexibility index (Phi) is 4.65. The summed E-state index contributed by atoms with van der Waals surface area (Å²) < 4.78 is 0. The molecule has 3 rings (SSSR count). The van der Waals surface area contributed by atoms with Gasteiger partial charge in [0.1, 0.15) is 5.92 Å². The Hall–Kier alpha value is -3.02. The normalized spacial score (nSPS) is 11.9. The highest BCUT2D eigenvalue weighted by atomic mass is 16.1. The summed E-state index contributed by atoms with van der Waals surface area (Å²) in [6.45, 7) is 4.03. The summed E-state index contributed by atoms with van der Waals surface area (Å²) in [4.78, 5) is 12.8. The lowest BCUT2D eigenvalue weighted by atomic mass is 9.94. The second kappa shape index (κ2) is 7.04. The Morgan fingerprint density at radius 2 is 1.88 bits per heavy atom. The number of rotatable bonds is 5. The zero-order valence-electron chi connectivity index (χ0n) is 13.7. The van der Waals surface area contributed by atoms with Gasteiger partial charge in [-0.25, -0.2) is 0 Å². The van der Waals surface area contributed by atoms with Gasteiger partial charge in [-0.05, 0) is 43.5 Å². The molecule has 6 heteroatoms. The summed E-state index contributed by atoms with van der Waals surface area (Å²) in [6, 6.07) is 15.7. The van der Waals surface area contributed by atoms with E-state index in [1.54, 1.807) is 0 Å². The fraction of sp³-hybridized carbons (Fsp3) is 0.222. The lowest BCUT2D eigenvalue weighted by Crippen LogP contribution is -2.24.